The van der Waals surface area contributed by atoms with Crippen molar-refractivity contribution in [1.82, 2.24) is 5.32 Å². The molecule has 1 nitrogen and oxygen atoms in total. The highest BCUT2D eigenvalue weighted by Crippen LogP contribution is 2.51. The van der Waals surface area contributed by atoms with Crippen LogP contribution in [0.15, 0.2) is 16.6 Å². The summed E-state index contributed by atoms with van der Waals surface area (Å²) in [5.41, 5.74) is 2.82. The second-order valence-corrected chi connectivity index (χ2v) is 5.16. The largest absolute Gasteiger partial charge is 0.312 e. The molecule has 74 valence electrons. The molecule has 1 aliphatic carbocycles. The molecule has 0 aromatic heterocycles. The maximum atomic E-state index is 13.3. The van der Waals surface area contributed by atoms with Crippen molar-refractivity contribution < 1.29 is 4.39 Å². The van der Waals surface area contributed by atoms with E-state index in [1.165, 1.54) is 18.4 Å². The van der Waals surface area contributed by atoms with Crippen LogP contribution in [-0.4, -0.2) is 6.54 Å². The van der Waals surface area contributed by atoms with Crippen molar-refractivity contribution in [1.29, 1.82) is 0 Å². The van der Waals surface area contributed by atoms with Crippen LogP contribution < -0.4 is 5.32 Å². The van der Waals surface area contributed by atoms with Gasteiger partial charge in [-0.3, -0.25) is 0 Å². The van der Waals surface area contributed by atoms with E-state index < -0.39 is 0 Å². The van der Waals surface area contributed by atoms with E-state index in [4.69, 9.17) is 0 Å². The lowest BCUT2D eigenvalue weighted by Gasteiger charge is -2.26. The van der Waals surface area contributed by atoms with Gasteiger partial charge in [0.1, 0.15) is 5.82 Å². The van der Waals surface area contributed by atoms with Crippen molar-refractivity contribution in [2.24, 2.45) is 0 Å². The molecule has 0 unspecified atom stereocenters. The lowest BCUT2D eigenvalue weighted by atomic mass is 9.88. The van der Waals surface area contributed by atoms with Crippen LogP contribution >= 0.6 is 15.9 Å². The number of rotatable bonds is 0. The topological polar surface area (TPSA) is 12.0 Å². The van der Waals surface area contributed by atoms with E-state index >= 15 is 0 Å². The van der Waals surface area contributed by atoms with Gasteiger partial charge in [0.05, 0.1) is 4.47 Å². The quantitative estimate of drug-likeness (QED) is 0.752. The Morgan fingerprint density at radius 1 is 1.36 bits per heavy atom. The van der Waals surface area contributed by atoms with Gasteiger partial charge < -0.3 is 5.32 Å². The predicted octanol–water partition coefficient (Wildman–Crippen LogP) is 2.72. The summed E-state index contributed by atoms with van der Waals surface area (Å²) < 4.78 is 13.9. The summed E-state index contributed by atoms with van der Waals surface area (Å²) >= 11 is 3.26. The van der Waals surface area contributed by atoms with E-state index in [1.54, 1.807) is 6.07 Å². The van der Waals surface area contributed by atoms with Crippen LogP contribution in [0.5, 0.6) is 0 Å². The minimum absolute atomic E-state index is 0.150. The molecular formula is C11H11BrFN. The van der Waals surface area contributed by atoms with E-state index in [0.717, 1.165) is 18.7 Å². The number of halogens is 2. The average Bonchev–Trinajstić information content (AvgIpc) is 2.91. The van der Waals surface area contributed by atoms with Gasteiger partial charge >= 0.3 is 0 Å². The van der Waals surface area contributed by atoms with Gasteiger partial charge in [0.2, 0.25) is 0 Å². The molecule has 1 aromatic carbocycles. The van der Waals surface area contributed by atoms with Crippen molar-refractivity contribution in [2.45, 2.75) is 24.8 Å². The molecule has 0 bridgehead atoms. The monoisotopic (exact) mass is 255 g/mol. The summed E-state index contributed by atoms with van der Waals surface area (Å²) in [6.45, 7) is 1.86. The first-order chi connectivity index (χ1) is 6.71. The third-order valence-electron chi connectivity index (χ3n) is 3.35. The Bertz CT molecular complexity index is 399. The van der Waals surface area contributed by atoms with E-state index in [0.29, 0.717) is 9.89 Å². The highest BCUT2D eigenvalue weighted by atomic mass is 79.9. The number of fused-ring (bicyclic) bond motifs is 2. The molecular weight excluding hydrogens is 245 g/mol. The fourth-order valence-electron chi connectivity index (χ4n) is 2.36. The smallest absolute Gasteiger partial charge is 0.137 e. The van der Waals surface area contributed by atoms with Crippen LogP contribution in [0.1, 0.15) is 24.0 Å². The Morgan fingerprint density at radius 2 is 2.14 bits per heavy atom. The summed E-state index contributed by atoms with van der Waals surface area (Å²) in [5.74, 6) is -0.150. The molecule has 0 radical (unpaired) electrons. The maximum absolute atomic E-state index is 13.3. The summed E-state index contributed by atoms with van der Waals surface area (Å²) in [7, 11) is 0. The molecule has 1 aliphatic heterocycles. The van der Waals surface area contributed by atoms with Crippen LogP contribution in [-0.2, 0) is 12.0 Å². The van der Waals surface area contributed by atoms with Crippen molar-refractivity contribution in [3.8, 4) is 0 Å². The Hall–Kier alpha value is -0.410. The molecule has 0 amide bonds. The minimum atomic E-state index is -0.150. The van der Waals surface area contributed by atoms with Crippen LogP contribution in [0.4, 0.5) is 4.39 Å². The van der Waals surface area contributed by atoms with Gasteiger partial charge in [-0.15, -0.1) is 0 Å². The summed E-state index contributed by atoms with van der Waals surface area (Å²) in [6, 6.07) is 3.63. The van der Waals surface area contributed by atoms with Gasteiger partial charge in [-0.2, -0.15) is 0 Å². The number of benzene rings is 1. The zero-order valence-corrected chi connectivity index (χ0v) is 9.33. The van der Waals surface area contributed by atoms with Gasteiger partial charge in [-0.05, 0) is 52.0 Å². The molecule has 0 saturated heterocycles. The fraction of sp³-hybridized carbons (Fsp3) is 0.455. The van der Waals surface area contributed by atoms with Crippen molar-refractivity contribution in [2.75, 3.05) is 6.54 Å². The second kappa shape index (κ2) is 2.80. The van der Waals surface area contributed by atoms with Crippen molar-refractivity contribution in [3.63, 3.8) is 0 Å². The Kier molecular flexibility index (Phi) is 1.77. The maximum Gasteiger partial charge on any atom is 0.137 e. The first-order valence-electron chi connectivity index (χ1n) is 4.90. The SMILES string of the molecule is Fc1cc2c(cc1Br)C1(CC1)CNC2. The third kappa shape index (κ3) is 1.15. The number of nitrogens with one attached hydrogen (secondary N) is 1. The highest BCUT2D eigenvalue weighted by Gasteiger charge is 2.47. The lowest BCUT2D eigenvalue weighted by molar-refractivity contribution is 0.523. The zero-order chi connectivity index (χ0) is 9.76. The number of hydrogen-bond acceptors (Lipinski definition) is 1. The summed E-state index contributed by atoms with van der Waals surface area (Å²) in [6.07, 6.45) is 2.48. The first kappa shape index (κ1) is 8.86. The van der Waals surface area contributed by atoms with Crippen molar-refractivity contribution in [3.05, 3.63) is 33.5 Å². The summed E-state index contributed by atoms with van der Waals surface area (Å²) in [4.78, 5) is 0. The zero-order valence-electron chi connectivity index (χ0n) is 7.74. The molecule has 1 aromatic rings. The Morgan fingerprint density at radius 3 is 2.86 bits per heavy atom. The average molecular weight is 256 g/mol. The van der Waals surface area contributed by atoms with Crippen LogP contribution in [0.2, 0.25) is 0 Å². The standard InChI is InChI=1S/C11H11BrFN/c12-9-4-8-7(3-10(9)13)5-14-6-11(8)1-2-11/h3-4,14H,1-2,5-6H2. The van der Waals surface area contributed by atoms with Gasteiger partial charge in [0.15, 0.2) is 0 Å². The first-order valence-corrected chi connectivity index (χ1v) is 5.70. The molecule has 1 fully saturated rings. The molecule has 1 N–H and O–H groups in total. The molecule has 1 heterocycles. The van der Waals surface area contributed by atoms with Crippen molar-refractivity contribution >= 4 is 15.9 Å². The highest BCUT2D eigenvalue weighted by molar-refractivity contribution is 9.10. The molecule has 1 saturated carbocycles. The second-order valence-electron chi connectivity index (χ2n) is 4.31. The van der Waals surface area contributed by atoms with E-state index in [2.05, 4.69) is 21.2 Å². The molecule has 3 rings (SSSR count). The molecule has 1 spiro atoms. The predicted molar refractivity (Wildman–Crippen MR) is 56.7 cm³/mol. The minimum Gasteiger partial charge on any atom is -0.312 e. The van der Waals surface area contributed by atoms with E-state index in [1.807, 2.05) is 6.07 Å². The van der Waals surface area contributed by atoms with Crippen LogP contribution in [0, 0.1) is 5.82 Å². The van der Waals surface area contributed by atoms with Crippen LogP contribution in [0.3, 0.4) is 0 Å². The van der Waals surface area contributed by atoms with Crippen LogP contribution in [0.25, 0.3) is 0 Å². The lowest BCUT2D eigenvalue weighted by Crippen LogP contribution is -2.33. The Balaban J connectivity index is 2.18. The van der Waals surface area contributed by atoms with E-state index in [-0.39, 0.29) is 5.82 Å². The van der Waals surface area contributed by atoms with E-state index in [9.17, 15) is 4.39 Å². The molecule has 0 atom stereocenters. The fourth-order valence-corrected chi connectivity index (χ4v) is 2.70. The molecule has 2 aliphatic rings. The summed E-state index contributed by atoms with van der Waals surface area (Å²) in [5, 5.41) is 3.36. The van der Waals surface area contributed by atoms with Gasteiger partial charge in [-0.1, -0.05) is 0 Å². The normalized spacial score (nSPS) is 22.1. The number of hydrogen-bond donors (Lipinski definition) is 1. The molecule has 14 heavy (non-hydrogen) atoms. The molecule has 3 heteroatoms. The Labute approximate surface area is 90.8 Å². The van der Waals surface area contributed by atoms with Gasteiger partial charge in [-0.25, -0.2) is 4.39 Å². The van der Waals surface area contributed by atoms with Gasteiger partial charge in [0.25, 0.3) is 0 Å². The third-order valence-corrected chi connectivity index (χ3v) is 3.96. The van der Waals surface area contributed by atoms with Gasteiger partial charge in [0, 0.05) is 18.5 Å².